The van der Waals surface area contributed by atoms with Crippen LogP contribution in [0.3, 0.4) is 0 Å². The minimum absolute atomic E-state index is 0.0778. The van der Waals surface area contributed by atoms with Crippen LogP contribution in [0.25, 0.3) is 5.69 Å². The van der Waals surface area contributed by atoms with Gasteiger partial charge in [-0.3, -0.25) is 0 Å². The fourth-order valence-corrected chi connectivity index (χ4v) is 4.00. The van der Waals surface area contributed by atoms with Crippen molar-refractivity contribution in [2.45, 2.75) is 50.9 Å². The molecule has 0 N–H and O–H groups in total. The Kier molecular flexibility index (Phi) is 5.72. The average Bonchev–Trinajstić information content (AvgIpc) is 2.94. The lowest BCUT2D eigenvalue weighted by molar-refractivity contribution is 0.00812. The van der Waals surface area contributed by atoms with Gasteiger partial charge in [0.2, 0.25) is 5.88 Å². The fraction of sp³-hybridized carbons (Fsp3) is 0.444. The van der Waals surface area contributed by atoms with Gasteiger partial charge < -0.3 is 13.8 Å². The molecule has 0 radical (unpaired) electrons. The van der Waals surface area contributed by atoms with E-state index in [9.17, 15) is 26.4 Å². The predicted molar refractivity (Wildman–Crippen MR) is 98.8 cm³/mol. The number of carbonyl (C=O) groups excluding carboxylic acids is 1. The van der Waals surface area contributed by atoms with Gasteiger partial charge in [-0.25, -0.2) is 4.79 Å². The van der Waals surface area contributed by atoms with Gasteiger partial charge in [-0.1, -0.05) is 6.07 Å². The van der Waals surface area contributed by atoms with Crippen LogP contribution in [0.4, 0.5) is 18.0 Å². The van der Waals surface area contributed by atoms with Gasteiger partial charge in [-0.05, 0) is 39.0 Å². The quantitative estimate of drug-likeness (QED) is 0.575. The Morgan fingerprint density at radius 2 is 1.93 bits per heavy atom. The summed E-state index contributed by atoms with van der Waals surface area (Å²) in [7, 11) is -3.94. The zero-order valence-corrected chi connectivity index (χ0v) is 17.2. The van der Waals surface area contributed by atoms with Crippen LogP contribution in [0.15, 0.2) is 29.2 Å². The highest BCUT2D eigenvalue weighted by Gasteiger charge is 2.34. The van der Waals surface area contributed by atoms with Crippen LogP contribution in [0.2, 0.25) is 0 Å². The van der Waals surface area contributed by atoms with Gasteiger partial charge in [0, 0.05) is 13.0 Å². The maximum Gasteiger partial charge on any atom is 0.410 e. The molecule has 2 aromatic rings. The number of amides is 1. The molecule has 12 heteroatoms. The van der Waals surface area contributed by atoms with Gasteiger partial charge in [0.1, 0.15) is 10.5 Å². The number of alkyl halides is 3. The number of carbonyl (C=O) groups is 1. The summed E-state index contributed by atoms with van der Waals surface area (Å²) in [5, 5.41) is 4.51. The lowest BCUT2D eigenvalue weighted by Gasteiger charge is -2.29. The number of benzene rings is 1. The molecule has 164 valence electrons. The Morgan fingerprint density at radius 3 is 2.57 bits per heavy atom. The zero-order valence-electron chi connectivity index (χ0n) is 16.4. The van der Waals surface area contributed by atoms with E-state index >= 15 is 0 Å². The maximum atomic E-state index is 12.4. The smallest absolute Gasteiger partial charge is 0.410 e. The van der Waals surface area contributed by atoms with Crippen molar-refractivity contribution in [2.75, 3.05) is 6.54 Å². The summed E-state index contributed by atoms with van der Waals surface area (Å²) >= 11 is 0. The van der Waals surface area contributed by atoms with Crippen molar-refractivity contribution < 1.29 is 35.3 Å². The molecule has 2 aliphatic heterocycles. The third-order valence-electron chi connectivity index (χ3n) is 4.18. The van der Waals surface area contributed by atoms with Crippen molar-refractivity contribution in [1.29, 1.82) is 0 Å². The van der Waals surface area contributed by atoms with Gasteiger partial charge >= 0.3 is 22.9 Å². The Bertz CT molecular complexity index is 1060. The van der Waals surface area contributed by atoms with E-state index in [-0.39, 0.29) is 17.3 Å². The van der Waals surface area contributed by atoms with Crippen LogP contribution in [0, 0.1) is 0 Å². The van der Waals surface area contributed by atoms with Crippen LogP contribution >= 0.6 is 0 Å². The third kappa shape index (κ3) is 4.69. The predicted octanol–water partition coefficient (Wildman–Crippen LogP) is 3.43. The minimum atomic E-state index is -3.94. The second-order valence-electron chi connectivity index (χ2n) is 7.58. The highest BCUT2D eigenvalue weighted by molar-refractivity contribution is 7.87. The molecule has 2 aliphatic rings. The second kappa shape index (κ2) is 7.82. The Hall–Kier alpha value is -2.76. The molecule has 0 saturated carbocycles. The first-order valence-electron chi connectivity index (χ1n) is 8.93. The summed E-state index contributed by atoms with van der Waals surface area (Å²) < 4.78 is 66.2. The molecule has 1 amide bonds. The Morgan fingerprint density at radius 1 is 1.27 bits per heavy atom. The van der Waals surface area contributed by atoms with Crippen molar-refractivity contribution in [3.8, 4) is 11.6 Å². The molecule has 2 bridgehead atoms. The van der Waals surface area contributed by atoms with Gasteiger partial charge in [0.25, 0.3) is 0 Å². The molecule has 0 unspecified atom stereocenters. The number of aromatic nitrogens is 2. The van der Waals surface area contributed by atoms with Crippen molar-refractivity contribution in [2.24, 2.45) is 0 Å². The highest BCUT2D eigenvalue weighted by atomic mass is 32.2. The number of ether oxygens (including phenoxy) is 1. The van der Waals surface area contributed by atoms with Crippen molar-refractivity contribution >= 4 is 16.2 Å². The summed E-state index contributed by atoms with van der Waals surface area (Å²) in [6.45, 7) is 2.37. The molecule has 0 saturated heterocycles. The molecular formula is C18H20F3N3O5S. The molecule has 0 spiro atoms. The van der Waals surface area contributed by atoms with Crippen LogP contribution in [0.1, 0.15) is 32.0 Å². The van der Waals surface area contributed by atoms with Crippen molar-refractivity contribution in [1.82, 2.24) is 14.7 Å². The Labute approximate surface area is 171 Å². The van der Waals surface area contributed by atoms with Crippen LogP contribution in [0.5, 0.6) is 5.88 Å². The molecule has 1 aromatic carbocycles. The number of halogens is 3. The third-order valence-corrected chi connectivity index (χ3v) is 5.39. The molecule has 0 fully saturated rings. The van der Waals surface area contributed by atoms with E-state index in [4.69, 9.17) is 8.92 Å². The lowest BCUT2D eigenvalue weighted by Crippen LogP contribution is -2.39. The van der Waals surface area contributed by atoms with Gasteiger partial charge in [-0.15, -0.1) is 0 Å². The molecule has 0 atom stereocenters. The Balaban J connectivity index is 0.000000589. The highest BCUT2D eigenvalue weighted by Crippen LogP contribution is 2.35. The first-order chi connectivity index (χ1) is 13.9. The van der Waals surface area contributed by atoms with E-state index < -0.39 is 28.5 Å². The number of nitrogens with zero attached hydrogens (tertiary/aromatic N) is 3. The van der Waals surface area contributed by atoms with E-state index in [1.54, 1.807) is 32.9 Å². The number of rotatable bonds is 0. The van der Waals surface area contributed by atoms with E-state index in [1.807, 2.05) is 0 Å². The number of hydrogen-bond donors (Lipinski definition) is 0. The fourth-order valence-electron chi connectivity index (χ4n) is 3.01. The summed E-state index contributed by atoms with van der Waals surface area (Å²) in [4.78, 5) is 14.0. The van der Waals surface area contributed by atoms with E-state index in [1.165, 1.54) is 21.7 Å². The van der Waals surface area contributed by atoms with Gasteiger partial charge in [0.05, 0.1) is 23.5 Å². The summed E-state index contributed by atoms with van der Waals surface area (Å²) in [5.41, 5.74) is 1.32. The number of hydrogen-bond acceptors (Lipinski definition) is 6. The largest absolute Gasteiger partial charge is 0.444 e. The van der Waals surface area contributed by atoms with Crippen molar-refractivity contribution in [3.63, 3.8) is 0 Å². The average molecular weight is 447 g/mol. The van der Waals surface area contributed by atoms with Crippen molar-refractivity contribution in [3.05, 3.63) is 35.5 Å². The van der Waals surface area contributed by atoms with E-state index in [0.29, 0.717) is 24.2 Å². The minimum Gasteiger partial charge on any atom is -0.444 e. The summed E-state index contributed by atoms with van der Waals surface area (Å²) in [6.07, 6.45) is 0.0534. The maximum absolute atomic E-state index is 12.4. The van der Waals surface area contributed by atoms with E-state index in [2.05, 4.69) is 5.10 Å². The first-order valence-corrected chi connectivity index (χ1v) is 10.3. The first kappa shape index (κ1) is 21.9. The van der Waals surface area contributed by atoms with Crippen LogP contribution in [-0.2, 0) is 27.8 Å². The standard InChI is InChI=1S/C17H19N3O5S.CHF3/c1-17(2,3)24-16(21)19-8-7-14-13(10-19)15-20(18-14)11-5-4-6-12(9-11)26(22,23)25-15;2-1(3)4/h4-6,9H,7-8,10H2,1-3H3;1H. The lowest BCUT2D eigenvalue weighted by atomic mass is 10.1. The monoisotopic (exact) mass is 447 g/mol. The van der Waals surface area contributed by atoms with E-state index in [0.717, 1.165) is 5.69 Å². The molecule has 4 rings (SSSR count). The SMILES string of the molecule is CC(C)(C)OC(=O)N1CCc2nn3c(c2C1)OS(=O)(=O)c1cccc-3c1.FC(F)F. The van der Waals surface area contributed by atoms with Gasteiger partial charge in [-0.2, -0.15) is 31.4 Å². The van der Waals surface area contributed by atoms with Gasteiger partial charge in [0.15, 0.2) is 0 Å². The van der Waals surface area contributed by atoms with Crippen LogP contribution < -0.4 is 4.18 Å². The molecule has 1 aromatic heterocycles. The molecule has 3 heterocycles. The molecule has 30 heavy (non-hydrogen) atoms. The second-order valence-corrected chi connectivity index (χ2v) is 9.12. The summed E-state index contributed by atoms with van der Waals surface area (Å²) in [6, 6.07) is 6.41. The molecule has 0 aliphatic carbocycles. The molecular weight excluding hydrogens is 427 g/mol. The summed E-state index contributed by atoms with van der Waals surface area (Å²) in [5.74, 6) is 0.134. The normalized spacial score (nSPS) is 16.4. The molecule has 8 nitrogen and oxygen atoms in total. The number of fused-ring (bicyclic) bond motifs is 6. The van der Waals surface area contributed by atoms with Crippen LogP contribution in [-0.4, -0.2) is 48.0 Å². The topological polar surface area (TPSA) is 90.7 Å². The zero-order chi connectivity index (χ0) is 22.3.